The van der Waals surface area contributed by atoms with Crippen LogP contribution in [-0.4, -0.2) is 9.13 Å². The molecule has 2 aromatic heterocycles. The van der Waals surface area contributed by atoms with Crippen molar-refractivity contribution in [3.05, 3.63) is 493 Å². The maximum absolute atomic E-state index is 2.50. The van der Waals surface area contributed by atoms with Crippen molar-refractivity contribution in [3.8, 4) is 123 Å². The zero-order chi connectivity index (χ0) is 93.8. The molecular formula is C137H106N2. The lowest BCUT2D eigenvalue weighted by molar-refractivity contribution is 0.660. The van der Waals surface area contributed by atoms with Crippen molar-refractivity contribution < 1.29 is 0 Å². The Labute approximate surface area is 814 Å². The maximum Gasteiger partial charge on any atom is 0.0541 e. The molecule has 22 aromatic carbocycles. The third-order valence-electron chi connectivity index (χ3n) is 31.1. The predicted molar refractivity (Wildman–Crippen MR) is 594 cm³/mol. The molecule has 0 radical (unpaired) electrons. The molecule has 0 unspecified atom stereocenters. The molecule has 0 amide bonds. The quantitative estimate of drug-likeness (QED) is 0.122. The summed E-state index contributed by atoms with van der Waals surface area (Å²) in [6, 6.07) is 167. The summed E-state index contributed by atoms with van der Waals surface area (Å²) in [5, 5.41) is 17.9. The lowest BCUT2D eigenvalue weighted by atomic mass is 9.80. The first kappa shape index (κ1) is 84.5. The fraction of sp³-hybridized carbons (Fsp3) is 0.109. The van der Waals surface area contributed by atoms with Crippen LogP contribution in [0.3, 0.4) is 0 Å². The molecule has 2 heterocycles. The third-order valence-corrected chi connectivity index (χ3v) is 31.1. The first-order valence-electron chi connectivity index (χ1n) is 49.4. The van der Waals surface area contributed by atoms with E-state index in [4.69, 9.17) is 0 Å². The number of rotatable bonds is 11. The van der Waals surface area contributed by atoms with Crippen LogP contribution in [0.15, 0.2) is 449 Å². The summed E-state index contributed by atoms with van der Waals surface area (Å²) in [6.45, 7) is 23.4. The first-order valence-corrected chi connectivity index (χ1v) is 49.4. The van der Waals surface area contributed by atoms with Crippen LogP contribution in [0.2, 0.25) is 0 Å². The van der Waals surface area contributed by atoms with E-state index in [0.717, 1.165) is 11.4 Å². The Morgan fingerprint density at radius 2 is 0.432 bits per heavy atom. The molecule has 0 saturated heterocycles. The van der Waals surface area contributed by atoms with Crippen LogP contribution in [0.4, 0.5) is 0 Å². The fourth-order valence-electron chi connectivity index (χ4n) is 23.6. The van der Waals surface area contributed by atoms with Crippen LogP contribution < -0.4 is 0 Å². The minimum absolute atomic E-state index is 0.00945. The molecule has 0 spiro atoms. The van der Waals surface area contributed by atoms with Gasteiger partial charge in [0.2, 0.25) is 0 Å². The number of nitrogens with zero attached hydrogens (tertiary/aromatic N) is 2. The average molecular weight is 1780 g/mol. The van der Waals surface area contributed by atoms with Gasteiger partial charge in [-0.15, -0.1) is 0 Å². The lowest BCUT2D eigenvalue weighted by Crippen LogP contribution is -2.15. The van der Waals surface area contributed by atoms with Crippen molar-refractivity contribution >= 4 is 97.5 Å². The molecular weight excluding hydrogens is 1670 g/mol. The van der Waals surface area contributed by atoms with E-state index >= 15 is 0 Å². The molecule has 24 aromatic rings. The van der Waals surface area contributed by atoms with Crippen molar-refractivity contribution in [1.82, 2.24) is 9.13 Å². The van der Waals surface area contributed by atoms with E-state index in [2.05, 4.69) is 527 Å². The second-order valence-electron chi connectivity index (χ2n) is 41.1. The van der Waals surface area contributed by atoms with Crippen LogP contribution in [0.1, 0.15) is 126 Å². The molecule has 0 saturated carbocycles. The second-order valence-corrected chi connectivity index (χ2v) is 41.1. The molecule has 664 valence electrons. The Bertz CT molecular complexity index is 8940. The molecule has 0 N–H and O–H groups in total. The Kier molecular flexibility index (Phi) is 20.1. The van der Waals surface area contributed by atoms with Crippen molar-refractivity contribution in [2.45, 2.75) is 97.3 Å². The van der Waals surface area contributed by atoms with Crippen molar-refractivity contribution in [2.75, 3.05) is 0 Å². The highest BCUT2D eigenvalue weighted by atomic mass is 15.0. The molecule has 0 bridgehead atoms. The molecule has 3 aliphatic rings. The van der Waals surface area contributed by atoms with Gasteiger partial charge in [-0.1, -0.05) is 409 Å². The highest BCUT2D eigenvalue weighted by Gasteiger charge is 2.40. The van der Waals surface area contributed by atoms with Gasteiger partial charge in [-0.25, -0.2) is 0 Å². The maximum atomic E-state index is 2.50. The zero-order valence-corrected chi connectivity index (χ0v) is 80.3. The van der Waals surface area contributed by atoms with E-state index < -0.39 is 0 Å². The monoisotopic (exact) mass is 1780 g/mol. The topological polar surface area (TPSA) is 9.86 Å². The molecule has 0 atom stereocenters. The molecule has 0 fully saturated rings. The molecule has 0 aliphatic heterocycles. The second kappa shape index (κ2) is 33.0. The Morgan fingerprint density at radius 1 is 0.165 bits per heavy atom. The van der Waals surface area contributed by atoms with Crippen LogP contribution in [0.5, 0.6) is 0 Å². The van der Waals surface area contributed by atoms with E-state index in [1.807, 2.05) is 0 Å². The number of benzene rings is 22. The minimum Gasteiger partial charge on any atom is -0.309 e. The summed E-state index contributed by atoms with van der Waals surface area (Å²) in [7, 11) is 0. The molecule has 2 heteroatoms. The Morgan fingerprint density at radius 3 is 0.827 bits per heavy atom. The normalized spacial score (nSPS) is 13.4. The van der Waals surface area contributed by atoms with Gasteiger partial charge < -0.3 is 9.13 Å². The third kappa shape index (κ3) is 14.3. The highest BCUT2D eigenvalue weighted by Crippen LogP contribution is 2.56. The average Bonchev–Trinajstić information content (AvgIpc) is 1.55. The number of fused-ring (bicyclic) bond motifs is 21. The van der Waals surface area contributed by atoms with Gasteiger partial charge in [0.25, 0.3) is 0 Å². The molecule has 27 rings (SSSR count). The van der Waals surface area contributed by atoms with Gasteiger partial charge in [-0.05, 0) is 331 Å². The molecule has 2 nitrogen and oxygen atoms in total. The number of para-hydroxylation sites is 4. The fourth-order valence-corrected chi connectivity index (χ4v) is 23.6. The smallest absolute Gasteiger partial charge is 0.0541 e. The predicted octanol–water partition coefficient (Wildman–Crippen LogP) is 37.9. The number of hydrogen-bond donors (Lipinski definition) is 0. The van der Waals surface area contributed by atoms with Gasteiger partial charge in [0.1, 0.15) is 0 Å². The lowest BCUT2D eigenvalue weighted by Gasteiger charge is -2.23. The molecule has 3 aliphatic carbocycles. The van der Waals surface area contributed by atoms with Gasteiger partial charge in [0, 0.05) is 49.2 Å². The number of aromatic nitrogens is 2. The summed E-state index contributed by atoms with van der Waals surface area (Å²) in [6.07, 6.45) is 0. The van der Waals surface area contributed by atoms with E-state index in [0.29, 0.717) is 11.8 Å². The van der Waals surface area contributed by atoms with Gasteiger partial charge in [-0.3, -0.25) is 0 Å². The van der Waals surface area contributed by atoms with Gasteiger partial charge >= 0.3 is 0 Å². The Hall–Kier alpha value is -16.3. The SMILES string of the molecule is CC(C)c1cc(-c2ccc3c(c2)C(C)(C)c2ccccc2-3)cc(-c2ccc3cc(-c4ccc5ccccc5c4)ccc3c2)c1.CC(C)c1cc(-c2ccc3cc(-c4ccc5ccccc5c4)ccc3c2)cc(-c2cc3c(c4ccccc24)-c2ccccc2C3(C)C)c1.CC1(C)c2ccccc2-c2ccc(-c3cc(-n4c5ccccc5c5ccccc54)cc(-n4c5ccccc5c5ccccc54)c3)cc21. The summed E-state index contributed by atoms with van der Waals surface area (Å²) in [5.41, 5.74) is 44.1. The standard InChI is InChI=1S/C48H38.C45H32N2.C44H36/c1-30(2)38-26-39(37-22-21-35-24-34(19-20-36(35)25-37)33-18-17-31-11-5-6-12-32(31)23-33)28-40(27-38)44-29-46-47(42-14-8-7-13-41(42)44)43-15-9-10-16-45(43)48(46,3)4;1-45(2)39-18-8-3-13-33(39)34-24-23-29(27-40(34)45)30-25-31(46-41-19-9-4-14-35(41)36-15-5-10-20-42(36)46)28-32(26-30)47-43-21-11-6-16-37(43)38-17-7-12-22-44(38)47;1-28(2)37-24-38(26-39(25-37)36-19-20-41-40-11-7-8-12-42(40)44(3,4)43(41)27-36)35-18-17-33-22-32(15-16-34(33)23-35)31-14-13-29-9-5-6-10-30(29)21-31/h5-30H,1-4H3;3-28H,1-2H3;5-28H,1-4H3. The summed E-state index contributed by atoms with van der Waals surface area (Å²) in [4.78, 5) is 0. The van der Waals surface area contributed by atoms with Crippen LogP contribution in [0.25, 0.3) is 220 Å². The largest absolute Gasteiger partial charge is 0.309 e. The minimum atomic E-state index is -0.0674. The van der Waals surface area contributed by atoms with Crippen LogP contribution in [0, 0.1) is 0 Å². The van der Waals surface area contributed by atoms with Crippen LogP contribution in [-0.2, 0) is 16.2 Å². The van der Waals surface area contributed by atoms with E-state index in [9.17, 15) is 0 Å². The summed E-state index contributed by atoms with van der Waals surface area (Å²) >= 11 is 0. The van der Waals surface area contributed by atoms with Gasteiger partial charge in [0.15, 0.2) is 0 Å². The Balaban J connectivity index is 0.000000110. The van der Waals surface area contributed by atoms with E-state index in [1.165, 1.54) is 253 Å². The van der Waals surface area contributed by atoms with Gasteiger partial charge in [-0.2, -0.15) is 0 Å². The van der Waals surface area contributed by atoms with E-state index in [-0.39, 0.29) is 16.2 Å². The van der Waals surface area contributed by atoms with Crippen molar-refractivity contribution in [1.29, 1.82) is 0 Å². The van der Waals surface area contributed by atoms with Crippen molar-refractivity contribution in [2.24, 2.45) is 0 Å². The first-order chi connectivity index (χ1) is 67.8. The summed E-state index contributed by atoms with van der Waals surface area (Å²) < 4.78 is 4.89. The molecule has 139 heavy (non-hydrogen) atoms. The van der Waals surface area contributed by atoms with Crippen molar-refractivity contribution in [3.63, 3.8) is 0 Å². The number of hydrogen-bond acceptors (Lipinski definition) is 0. The zero-order valence-electron chi connectivity index (χ0n) is 80.3. The van der Waals surface area contributed by atoms with Gasteiger partial charge in [0.05, 0.1) is 22.1 Å². The van der Waals surface area contributed by atoms with E-state index in [1.54, 1.807) is 0 Å². The highest BCUT2D eigenvalue weighted by molar-refractivity contribution is 6.13. The van der Waals surface area contributed by atoms with Crippen LogP contribution >= 0.6 is 0 Å². The summed E-state index contributed by atoms with van der Waals surface area (Å²) in [5.74, 6) is 0.851.